The van der Waals surface area contributed by atoms with E-state index < -0.39 is 6.43 Å². The predicted molar refractivity (Wildman–Crippen MR) is 77.9 cm³/mol. The van der Waals surface area contributed by atoms with Gasteiger partial charge in [0.1, 0.15) is 5.69 Å². The number of benzene rings is 1. The Bertz CT molecular complexity index is 600. The summed E-state index contributed by atoms with van der Waals surface area (Å²) in [7, 11) is 0. The summed E-state index contributed by atoms with van der Waals surface area (Å²) in [5.74, 6) is 0. The third kappa shape index (κ3) is 2.86. The van der Waals surface area contributed by atoms with Crippen molar-refractivity contribution in [2.75, 3.05) is 11.9 Å². The van der Waals surface area contributed by atoms with Gasteiger partial charge in [0, 0.05) is 22.1 Å². The number of alkyl halides is 2. The van der Waals surface area contributed by atoms with Crippen molar-refractivity contribution in [2.24, 2.45) is 0 Å². The Morgan fingerprint density at radius 1 is 1.37 bits per heavy atom. The number of anilines is 1. The highest BCUT2D eigenvalue weighted by molar-refractivity contribution is 9.10. The first-order valence-corrected chi connectivity index (χ1v) is 6.95. The molecule has 0 saturated carbocycles. The molecule has 0 atom stereocenters. The van der Waals surface area contributed by atoms with Gasteiger partial charge in [0.2, 0.25) is 0 Å². The molecule has 0 bridgehead atoms. The molecule has 5 heteroatoms. The largest absolute Gasteiger partial charge is 0.384 e. The lowest BCUT2D eigenvalue weighted by Gasteiger charge is -2.13. The first kappa shape index (κ1) is 14.2. The normalized spacial score (nSPS) is 11.3. The number of nitrogens with zero attached hydrogens (tertiary/aromatic N) is 1. The van der Waals surface area contributed by atoms with E-state index in [0.717, 1.165) is 34.1 Å². The van der Waals surface area contributed by atoms with Crippen LogP contribution in [0.5, 0.6) is 0 Å². The molecule has 0 aliphatic carbocycles. The molecule has 19 heavy (non-hydrogen) atoms. The van der Waals surface area contributed by atoms with Gasteiger partial charge in [0.15, 0.2) is 0 Å². The Hall–Kier alpha value is -1.23. The third-order valence-corrected chi connectivity index (χ3v) is 3.84. The summed E-state index contributed by atoms with van der Waals surface area (Å²) in [6, 6.07) is 5.25. The van der Waals surface area contributed by atoms with Crippen LogP contribution in [0.2, 0.25) is 0 Å². The molecular formula is C14H15BrF2N2. The fraction of sp³-hybridized carbons (Fsp3) is 0.357. The fourth-order valence-corrected chi connectivity index (χ4v) is 2.26. The summed E-state index contributed by atoms with van der Waals surface area (Å²) in [4.78, 5) is 4.08. The van der Waals surface area contributed by atoms with E-state index in [4.69, 9.17) is 0 Å². The van der Waals surface area contributed by atoms with Crippen molar-refractivity contribution < 1.29 is 8.78 Å². The summed E-state index contributed by atoms with van der Waals surface area (Å²) in [6.45, 7) is 4.65. The lowest BCUT2D eigenvalue weighted by molar-refractivity contribution is 0.146. The average molecular weight is 329 g/mol. The van der Waals surface area contributed by atoms with Crippen LogP contribution >= 0.6 is 15.9 Å². The molecule has 1 aromatic heterocycles. The Labute approximate surface area is 119 Å². The van der Waals surface area contributed by atoms with Gasteiger partial charge < -0.3 is 5.32 Å². The maximum absolute atomic E-state index is 12.9. The van der Waals surface area contributed by atoms with Crippen LogP contribution in [-0.4, -0.2) is 11.5 Å². The van der Waals surface area contributed by atoms with Crippen LogP contribution in [0.25, 0.3) is 10.9 Å². The van der Waals surface area contributed by atoms with E-state index >= 15 is 0 Å². The van der Waals surface area contributed by atoms with Gasteiger partial charge in [-0.25, -0.2) is 13.8 Å². The summed E-state index contributed by atoms with van der Waals surface area (Å²) in [6.07, 6.45) is -1.63. The van der Waals surface area contributed by atoms with E-state index in [2.05, 4.69) is 26.2 Å². The summed E-state index contributed by atoms with van der Waals surface area (Å²) in [5, 5.41) is 4.06. The highest BCUT2D eigenvalue weighted by Crippen LogP contribution is 2.32. The summed E-state index contributed by atoms with van der Waals surface area (Å²) in [5.41, 5.74) is 2.02. The molecule has 2 rings (SSSR count). The monoisotopic (exact) mass is 328 g/mol. The average Bonchev–Trinajstić information content (AvgIpc) is 2.40. The van der Waals surface area contributed by atoms with Crippen LogP contribution in [0.15, 0.2) is 22.7 Å². The molecule has 0 spiro atoms. The van der Waals surface area contributed by atoms with Gasteiger partial charge in [-0.1, -0.05) is 22.9 Å². The van der Waals surface area contributed by atoms with E-state index in [1.54, 1.807) is 0 Å². The fourth-order valence-electron chi connectivity index (χ4n) is 1.94. The van der Waals surface area contributed by atoms with E-state index in [-0.39, 0.29) is 5.69 Å². The number of pyridine rings is 1. The Balaban J connectivity index is 2.67. The summed E-state index contributed by atoms with van der Waals surface area (Å²) >= 11 is 3.41. The van der Waals surface area contributed by atoms with Crippen molar-refractivity contribution >= 4 is 32.5 Å². The molecule has 0 amide bonds. The molecule has 0 saturated heterocycles. The van der Waals surface area contributed by atoms with Crippen molar-refractivity contribution in [3.05, 3.63) is 33.9 Å². The standard InChI is InChI=1S/C14H15BrF2N2/c1-3-6-18-11-7-12(14(16)17)19-13-8(2)10(15)5-4-9(11)13/h4-5,7,14H,3,6H2,1-2H3,(H,18,19). The number of nitrogens with one attached hydrogen (secondary N) is 1. The van der Waals surface area contributed by atoms with E-state index in [9.17, 15) is 8.78 Å². The van der Waals surface area contributed by atoms with Crippen molar-refractivity contribution in [2.45, 2.75) is 26.7 Å². The van der Waals surface area contributed by atoms with Crippen molar-refractivity contribution in [1.29, 1.82) is 0 Å². The topological polar surface area (TPSA) is 24.9 Å². The SMILES string of the molecule is CCCNc1cc(C(F)F)nc2c(C)c(Br)ccc12. The predicted octanol–water partition coefficient (Wildman–Crippen LogP) is 5.07. The minimum atomic E-state index is -2.56. The summed E-state index contributed by atoms with van der Waals surface area (Å²) < 4.78 is 26.7. The van der Waals surface area contributed by atoms with Crippen molar-refractivity contribution in [3.63, 3.8) is 0 Å². The van der Waals surface area contributed by atoms with Gasteiger partial charge in [-0.05, 0) is 37.1 Å². The number of aromatic nitrogens is 1. The van der Waals surface area contributed by atoms with Crippen molar-refractivity contribution in [3.8, 4) is 0 Å². The molecule has 0 fully saturated rings. The number of fused-ring (bicyclic) bond motifs is 1. The van der Waals surface area contributed by atoms with Gasteiger partial charge >= 0.3 is 0 Å². The molecular weight excluding hydrogens is 314 g/mol. The lowest BCUT2D eigenvalue weighted by Crippen LogP contribution is -2.03. The Kier molecular flexibility index (Phi) is 4.34. The molecule has 0 aliphatic heterocycles. The highest BCUT2D eigenvalue weighted by atomic mass is 79.9. The van der Waals surface area contributed by atoms with E-state index in [0.29, 0.717) is 5.52 Å². The second-order valence-corrected chi connectivity index (χ2v) is 5.25. The second-order valence-electron chi connectivity index (χ2n) is 4.39. The first-order valence-electron chi connectivity index (χ1n) is 6.16. The smallest absolute Gasteiger partial charge is 0.280 e. The van der Waals surface area contributed by atoms with Gasteiger partial charge in [-0.3, -0.25) is 0 Å². The molecule has 0 unspecified atom stereocenters. The number of halogens is 3. The van der Waals surface area contributed by atoms with Gasteiger partial charge in [0.25, 0.3) is 6.43 Å². The maximum Gasteiger partial charge on any atom is 0.280 e. The quantitative estimate of drug-likeness (QED) is 0.847. The zero-order valence-corrected chi connectivity index (χ0v) is 12.4. The number of aryl methyl sites for hydroxylation is 1. The van der Waals surface area contributed by atoms with E-state index in [1.165, 1.54) is 6.07 Å². The molecule has 1 heterocycles. The van der Waals surface area contributed by atoms with Crippen LogP contribution in [0.1, 0.15) is 31.0 Å². The molecule has 2 nitrogen and oxygen atoms in total. The molecule has 1 N–H and O–H groups in total. The molecule has 0 aliphatic rings. The van der Waals surface area contributed by atoms with Crippen LogP contribution in [0, 0.1) is 6.92 Å². The van der Waals surface area contributed by atoms with Crippen LogP contribution in [-0.2, 0) is 0 Å². The zero-order chi connectivity index (χ0) is 14.0. The molecule has 2 aromatic rings. The third-order valence-electron chi connectivity index (χ3n) is 2.98. The second kappa shape index (κ2) is 5.82. The van der Waals surface area contributed by atoms with Gasteiger partial charge in [-0.15, -0.1) is 0 Å². The van der Waals surface area contributed by atoms with Crippen LogP contribution in [0.4, 0.5) is 14.5 Å². The number of hydrogen-bond acceptors (Lipinski definition) is 2. The number of rotatable bonds is 4. The van der Waals surface area contributed by atoms with Gasteiger partial charge in [0.05, 0.1) is 5.52 Å². The minimum Gasteiger partial charge on any atom is -0.384 e. The first-order chi connectivity index (χ1) is 9.04. The van der Waals surface area contributed by atoms with Gasteiger partial charge in [-0.2, -0.15) is 0 Å². The Morgan fingerprint density at radius 2 is 2.11 bits per heavy atom. The van der Waals surface area contributed by atoms with Crippen LogP contribution in [0.3, 0.4) is 0 Å². The zero-order valence-electron chi connectivity index (χ0n) is 10.8. The molecule has 102 valence electrons. The number of hydrogen-bond donors (Lipinski definition) is 1. The van der Waals surface area contributed by atoms with Crippen LogP contribution < -0.4 is 5.32 Å². The lowest BCUT2D eigenvalue weighted by atomic mass is 10.1. The minimum absolute atomic E-state index is 0.188. The highest BCUT2D eigenvalue weighted by Gasteiger charge is 2.15. The van der Waals surface area contributed by atoms with E-state index in [1.807, 2.05) is 26.0 Å². The maximum atomic E-state index is 12.9. The molecule has 0 radical (unpaired) electrons. The van der Waals surface area contributed by atoms with Crippen molar-refractivity contribution in [1.82, 2.24) is 4.98 Å². The molecule has 1 aromatic carbocycles. The Morgan fingerprint density at radius 3 is 2.74 bits per heavy atom.